The van der Waals surface area contributed by atoms with Gasteiger partial charge in [0.15, 0.2) is 0 Å². The molecule has 20 heavy (non-hydrogen) atoms. The number of rotatable bonds is 6. The van der Waals surface area contributed by atoms with Gasteiger partial charge in [-0.25, -0.2) is 0 Å². The van der Waals surface area contributed by atoms with Crippen LogP contribution in [-0.2, 0) is 4.74 Å². The number of nitrogens with one attached hydrogen (secondary N) is 1. The summed E-state index contributed by atoms with van der Waals surface area (Å²) >= 11 is 0. The highest BCUT2D eigenvalue weighted by Crippen LogP contribution is 2.25. The van der Waals surface area contributed by atoms with E-state index in [9.17, 15) is 0 Å². The molecule has 0 bridgehead atoms. The van der Waals surface area contributed by atoms with Crippen LogP contribution in [0, 0.1) is 12.8 Å². The van der Waals surface area contributed by atoms with E-state index < -0.39 is 0 Å². The Hall–Kier alpha value is -1.88. The lowest BCUT2D eigenvalue weighted by Crippen LogP contribution is -2.30. The third-order valence-corrected chi connectivity index (χ3v) is 3.34. The summed E-state index contributed by atoms with van der Waals surface area (Å²) < 4.78 is 10.5. The quantitative estimate of drug-likeness (QED) is 0.877. The lowest BCUT2D eigenvalue weighted by atomic mass is 10.0. The van der Waals surface area contributed by atoms with Gasteiger partial charge in [-0.2, -0.15) is 0 Å². The molecule has 0 amide bonds. The summed E-state index contributed by atoms with van der Waals surface area (Å²) in [6.07, 6.45) is 1.34. The molecule has 0 fully saturated rings. The molecule has 1 aromatic carbocycles. The lowest BCUT2D eigenvalue weighted by molar-refractivity contribution is 0.171. The molecular weight excluding hydrogens is 254 g/mol. The van der Waals surface area contributed by atoms with E-state index in [0.29, 0.717) is 18.4 Å². The van der Waals surface area contributed by atoms with Crippen molar-refractivity contribution in [2.75, 3.05) is 19.0 Å². The number of hydrogen-bond donors (Lipinski definition) is 1. The van der Waals surface area contributed by atoms with Crippen LogP contribution in [0.3, 0.4) is 0 Å². The molecule has 0 spiro atoms. The Kier molecular flexibility index (Phi) is 4.74. The summed E-state index contributed by atoms with van der Waals surface area (Å²) in [4.78, 5) is 0. The molecule has 1 unspecified atom stereocenters. The SMILES string of the molecule is COCC(Nc1cc(-c2nnco2)ccc1C)C(C)C. The second-order valence-electron chi connectivity index (χ2n) is 5.22. The van der Waals surface area contributed by atoms with Gasteiger partial charge >= 0.3 is 0 Å². The molecule has 1 N–H and O–H groups in total. The van der Waals surface area contributed by atoms with Gasteiger partial charge in [0.1, 0.15) is 0 Å². The van der Waals surface area contributed by atoms with Crippen molar-refractivity contribution in [3.05, 3.63) is 30.2 Å². The van der Waals surface area contributed by atoms with Crippen LogP contribution < -0.4 is 5.32 Å². The molecule has 0 aliphatic heterocycles. The van der Waals surface area contributed by atoms with Crippen molar-refractivity contribution < 1.29 is 9.15 Å². The first-order chi connectivity index (χ1) is 9.61. The first-order valence-corrected chi connectivity index (χ1v) is 6.74. The largest absolute Gasteiger partial charge is 0.423 e. The Balaban J connectivity index is 2.24. The third kappa shape index (κ3) is 3.36. The highest BCUT2D eigenvalue weighted by molar-refractivity contribution is 5.64. The van der Waals surface area contributed by atoms with Crippen LogP contribution in [0.25, 0.3) is 11.5 Å². The van der Waals surface area contributed by atoms with E-state index in [1.165, 1.54) is 12.0 Å². The summed E-state index contributed by atoms with van der Waals surface area (Å²) in [5.41, 5.74) is 3.15. The molecule has 0 aliphatic carbocycles. The van der Waals surface area contributed by atoms with Crippen molar-refractivity contribution in [3.63, 3.8) is 0 Å². The van der Waals surface area contributed by atoms with Gasteiger partial charge in [0.05, 0.1) is 12.6 Å². The molecule has 108 valence electrons. The van der Waals surface area contributed by atoms with Gasteiger partial charge < -0.3 is 14.5 Å². The highest BCUT2D eigenvalue weighted by atomic mass is 16.5. The van der Waals surface area contributed by atoms with Gasteiger partial charge in [-0.15, -0.1) is 10.2 Å². The number of ether oxygens (including phenoxy) is 1. The number of nitrogens with zero attached hydrogens (tertiary/aromatic N) is 2. The number of anilines is 1. The average Bonchev–Trinajstić information content (AvgIpc) is 2.94. The fraction of sp³-hybridized carbons (Fsp3) is 0.467. The minimum Gasteiger partial charge on any atom is -0.423 e. The molecule has 5 nitrogen and oxygen atoms in total. The first kappa shape index (κ1) is 14.5. The molecule has 0 saturated heterocycles. The summed E-state index contributed by atoms with van der Waals surface area (Å²) in [5, 5.41) is 11.2. The molecule has 2 rings (SSSR count). The molecule has 0 saturated carbocycles. The van der Waals surface area contributed by atoms with Gasteiger partial charge in [0.2, 0.25) is 12.3 Å². The predicted octanol–water partition coefficient (Wildman–Crippen LogP) is 3.13. The predicted molar refractivity (Wildman–Crippen MR) is 78.6 cm³/mol. The Morgan fingerprint density at radius 3 is 2.75 bits per heavy atom. The van der Waals surface area contributed by atoms with E-state index in [1.54, 1.807) is 7.11 Å². The normalized spacial score (nSPS) is 12.7. The maximum Gasteiger partial charge on any atom is 0.247 e. The Morgan fingerprint density at radius 1 is 1.35 bits per heavy atom. The molecule has 1 aromatic heterocycles. The van der Waals surface area contributed by atoms with E-state index in [1.807, 2.05) is 18.2 Å². The van der Waals surface area contributed by atoms with E-state index in [-0.39, 0.29) is 6.04 Å². The van der Waals surface area contributed by atoms with Gasteiger partial charge in [-0.3, -0.25) is 0 Å². The van der Waals surface area contributed by atoms with Gasteiger partial charge in [0.25, 0.3) is 0 Å². The van der Waals surface area contributed by atoms with Crippen molar-refractivity contribution in [1.82, 2.24) is 10.2 Å². The van der Waals surface area contributed by atoms with E-state index in [2.05, 4.69) is 36.3 Å². The van der Waals surface area contributed by atoms with Gasteiger partial charge in [0, 0.05) is 18.4 Å². The van der Waals surface area contributed by atoms with Crippen molar-refractivity contribution in [2.45, 2.75) is 26.8 Å². The Bertz CT molecular complexity index is 538. The van der Waals surface area contributed by atoms with Gasteiger partial charge in [-0.1, -0.05) is 19.9 Å². The average molecular weight is 275 g/mol. The molecule has 1 atom stereocenters. The minimum absolute atomic E-state index is 0.261. The van der Waals surface area contributed by atoms with Crippen molar-refractivity contribution in [1.29, 1.82) is 0 Å². The van der Waals surface area contributed by atoms with Crippen LogP contribution in [0.1, 0.15) is 19.4 Å². The summed E-state index contributed by atoms with van der Waals surface area (Å²) in [6, 6.07) is 6.32. The zero-order valence-corrected chi connectivity index (χ0v) is 12.4. The van der Waals surface area contributed by atoms with Gasteiger partial charge in [-0.05, 0) is 30.5 Å². The molecule has 5 heteroatoms. The third-order valence-electron chi connectivity index (χ3n) is 3.34. The highest BCUT2D eigenvalue weighted by Gasteiger charge is 2.15. The van der Waals surface area contributed by atoms with Crippen LogP contribution in [-0.4, -0.2) is 30.0 Å². The number of aryl methyl sites for hydroxylation is 1. The minimum atomic E-state index is 0.261. The van der Waals surface area contributed by atoms with E-state index in [4.69, 9.17) is 9.15 Å². The van der Waals surface area contributed by atoms with E-state index in [0.717, 1.165) is 11.3 Å². The fourth-order valence-electron chi connectivity index (χ4n) is 1.99. The van der Waals surface area contributed by atoms with Crippen LogP contribution in [0.5, 0.6) is 0 Å². The second kappa shape index (κ2) is 6.52. The van der Waals surface area contributed by atoms with Crippen molar-refractivity contribution in [3.8, 4) is 11.5 Å². The zero-order valence-electron chi connectivity index (χ0n) is 12.4. The fourth-order valence-corrected chi connectivity index (χ4v) is 1.99. The van der Waals surface area contributed by atoms with Crippen LogP contribution in [0.15, 0.2) is 29.0 Å². The zero-order chi connectivity index (χ0) is 14.5. The monoisotopic (exact) mass is 275 g/mol. The summed E-state index contributed by atoms with van der Waals surface area (Å²) in [6.45, 7) is 7.09. The number of hydrogen-bond acceptors (Lipinski definition) is 5. The van der Waals surface area contributed by atoms with Crippen LogP contribution >= 0.6 is 0 Å². The molecule has 2 aromatic rings. The topological polar surface area (TPSA) is 60.2 Å². The van der Waals surface area contributed by atoms with E-state index >= 15 is 0 Å². The smallest absolute Gasteiger partial charge is 0.247 e. The van der Waals surface area contributed by atoms with Crippen molar-refractivity contribution in [2.24, 2.45) is 5.92 Å². The summed E-state index contributed by atoms with van der Waals surface area (Å²) in [5.74, 6) is 1.00. The molecule has 1 heterocycles. The Morgan fingerprint density at radius 2 is 2.15 bits per heavy atom. The van der Waals surface area contributed by atoms with Crippen LogP contribution in [0.4, 0.5) is 5.69 Å². The number of benzene rings is 1. The lowest BCUT2D eigenvalue weighted by Gasteiger charge is -2.24. The number of methoxy groups -OCH3 is 1. The standard InChI is InChI=1S/C15H21N3O2/c1-10(2)14(8-19-4)17-13-7-12(6-5-11(13)3)15-18-16-9-20-15/h5-7,9-10,14,17H,8H2,1-4H3. The second-order valence-corrected chi connectivity index (χ2v) is 5.22. The first-order valence-electron chi connectivity index (χ1n) is 6.74. The maximum atomic E-state index is 5.28. The van der Waals surface area contributed by atoms with Crippen molar-refractivity contribution >= 4 is 5.69 Å². The maximum absolute atomic E-state index is 5.28. The Labute approximate surface area is 119 Å². The van der Waals surface area contributed by atoms with Crippen LogP contribution in [0.2, 0.25) is 0 Å². The molecule has 0 aliphatic rings. The molecule has 0 radical (unpaired) electrons. The summed E-state index contributed by atoms with van der Waals surface area (Å²) in [7, 11) is 1.72. The molecular formula is C15H21N3O2. The number of aromatic nitrogens is 2.